The third kappa shape index (κ3) is 6.91. The zero-order valence-electron chi connectivity index (χ0n) is 11.3. The molecule has 0 aromatic heterocycles. The number of piperidine rings is 1. The summed E-state index contributed by atoms with van der Waals surface area (Å²) in [6.07, 6.45) is 2.71. The zero-order valence-corrected chi connectivity index (χ0v) is 11.3. The molecule has 0 aromatic rings. The molecular weight excluding hydrogens is 184 g/mol. The number of hydrogen-bond donors (Lipinski definition) is 1. The molecule has 2 heteroatoms. The van der Waals surface area contributed by atoms with Crippen LogP contribution in [0.15, 0.2) is 0 Å². The second-order valence-electron chi connectivity index (χ2n) is 4.66. The van der Waals surface area contributed by atoms with Gasteiger partial charge in [-0.2, -0.15) is 0 Å². The van der Waals surface area contributed by atoms with Crippen LogP contribution in [0.5, 0.6) is 0 Å². The normalized spacial score (nSPS) is 27.0. The van der Waals surface area contributed by atoms with E-state index in [4.69, 9.17) is 0 Å². The lowest BCUT2D eigenvalue weighted by molar-refractivity contribution is 0.140. The first kappa shape index (κ1) is 14.9. The number of likely N-dealkylation sites (tertiary alicyclic amines) is 1. The van der Waals surface area contributed by atoms with Gasteiger partial charge in [0.15, 0.2) is 0 Å². The lowest BCUT2D eigenvalue weighted by Gasteiger charge is -2.34. The van der Waals surface area contributed by atoms with Gasteiger partial charge in [-0.3, -0.25) is 0 Å². The van der Waals surface area contributed by atoms with Crippen molar-refractivity contribution in [2.75, 3.05) is 33.2 Å². The van der Waals surface area contributed by atoms with Gasteiger partial charge in [-0.05, 0) is 44.8 Å². The highest BCUT2D eigenvalue weighted by molar-refractivity contribution is 4.74. The van der Waals surface area contributed by atoms with E-state index in [2.05, 4.69) is 24.1 Å². The Bertz CT molecular complexity index is 126. The van der Waals surface area contributed by atoms with Crippen LogP contribution in [0, 0.1) is 11.8 Å². The fourth-order valence-electron chi connectivity index (χ4n) is 2.45. The predicted octanol–water partition coefficient (Wildman–Crippen LogP) is 2.60. The summed E-state index contributed by atoms with van der Waals surface area (Å²) in [5, 5.41) is 3.20. The fourth-order valence-corrected chi connectivity index (χ4v) is 2.45. The van der Waals surface area contributed by atoms with Crippen LogP contribution < -0.4 is 5.32 Å². The maximum absolute atomic E-state index is 3.20. The van der Waals surface area contributed by atoms with E-state index < -0.39 is 0 Å². The first-order chi connectivity index (χ1) is 7.22. The standard InChI is InChI=1S/C11H24N2.C2H6/c1-10-7-11(2)9-13(8-10)6-4-5-12-3;1-2/h10-12H,4-9H2,1-3H3;1-2H3. The van der Waals surface area contributed by atoms with Crippen molar-refractivity contribution >= 4 is 0 Å². The Morgan fingerprint density at radius 2 is 1.67 bits per heavy atom. The van der Waals surface area contributed by atoms with Crippen molar-refractivity contribution in [3.8, 4) is 0 Å². The maximum Gasteiger partial charge on any atom is 0.000725 e. The Morgan fingerprint density at radius 1 is 1.13 bits per heavy atom. The van der Waals surface area contributed by atoms with Crippen LogP contribution >= 0.6 is 0 Å². The van der Waals surface area contributed by atoms with E-state index >= 15 is 0 Å². The maximum atomic E-state index is 3.20. The van der Waals surface area contributed by atoms with E-state index in [1.54, 1.807) is 0 Å². The molecule has 1 aliphatic heterocycles. The van der Waals surface area contributed by atoms with E-state index in [0.717, 1.165) is 18.4 Å². The first-order valence-electron chi connectivity index (χ1n) is 6.59. The molecule has 92 valence electrons. The van der Waals surface area contributed by atoms with Crippen molar-refractivity contribution in [3.05, 3.63) is 0 Å². The molecule has 1 N–H and O–H groups in total. The van der Waals surface area contributed by atoms with Crippen molar-refractivity contribution in [3.63, 3.8) is 0 Å². The average Bonchev–Trinajstić information content (AvgIpc) is 2.20. The van der Waals surface area contributed by atoms with Crippen molar-refractivity contribution in [1.82, 2.24) is 10.2 Å². The number of hydrogen-bond acceptors (Lipinski definition) is 2. The lowest BCUT2D eigenvalue weighted by atomic mass is 9.92. The van der Waals surface area contributed by atoms with Gasteiger partial charge in [0.2, 0.25) is 0 Å². The smallest absolute Gasteiger partial charge is 0.000725 e. The van der Waals surface area contributed by atoms with Crippen LogP contribution in [-0.2, 0) is 0 Å². The first-order valence-corrected chi connectivity index (χ1v) is 6.59. The summed E-state index contributed by atoms with van der Waals surface area (Å²) in [4.78, 5) is 2.62. The average molecular weight is 214 g/mol. The summed E-state index contributed by atoms with van der Waals surface area (Å²) < 4.78 is 0. The largest absolute Gasteiger partial charge is 0.320 e. The number of nitrogens with zero attached hydrogens (tertiary/aromatic N) is 1. The van der Waals surface area contributed by atoms with Crippen molar-refractivity contribution in [2.45, 2.75) is 40.5 Å². The summed E-state index contributed by atoms with van der Waals surface area (Å²) >= 11 is 0. The highest BCUT2D eigenvalue weighted by Gasteiger charge is 2.20. The minimum Gasteiger partial charge on any atom is -0.320 e. The Hall–Kier alpha value is -0.0800. The molecule has 1 saturated heterocycles. The highest BCUT2D eigenvalue weighted by Crippen LogP contribution is 2.20. The minimum atomic E-state index is 0.901. The lowest BCUT2D eigenvalue weighted by Crippen LogP contribution is -2.39. The second kappa shape index (κ2) is 9.17. The molecular formula is C13H30N2. The van der Waals surface area contributed by atoms with Gasteiger partial charge >= 0.3 is 0 Å². The Balaban J connectivity index is 0.000000921. The second-order valence-corrected chi connectivity index (χ2v) is 4.66. The van der Waals surface area contributed by atoms with Crippen LogP contribution in [0.1, 0.15) is 40.5 Å². The fraction of sp³-hybridized carbons (Fsp3) is 1.00. The van der Waals surface area contributed by atoms with Crippen LogP contribution in [-0.4, -0.2) is 38.1 Å². The molecule has 1 rings (SSSR count). The van der Waals surface area contributed by atoms with E-state index in [1.807, 2.05) is 20.9 Å². The van der Waals surface area contributed by atoms with Crippen molar-refractivity contribution in [1.29, 1.82) is 0 Å². The SMILES string of the molecule is CC.CNCCCN1CC(C)CC(C)C1. The topological polar surface area (TPSA) is 15.3 Å². The van der Waals surface area contributed by atoms with Crippen LogP contribution in [0.4, 0.5) is 0 Å². The molecule has 1 heterocycles. The van der Waals surface area contributed by atoms with Gasteiger partial charge in [0.25, 0.3) is 0 Å². The minimum absolute atomic E-state index is 0.901. The molecule has 0 aliphatic carbocycles. The van der Waals surface area contributed by atoms with Gasteiger partial charge in [-0.15, -0.1) is 0 Å². The third-order valence-corrected chi connectivity index (χ3v) is 2.85. The van der Waals surface area contributed by atoms with Gasteiger partial charge in [0.05, 0.1) is 0 Å². The van der Waals surface area contributed by atoms with Gasteiger partial charge in [0, 0.05) is 13.1 Å². The molecule has 1 fully saturated rings. The van der Waals surface area contributed by atoms with Crippen molar-refractivity contribution < 1.29 is 0 Å². The molecule has 1 aliphatic rings. The molecule has 0 radical (unpaired) electrons. The van der Waals surface area contributed by atoms with E-state index in [9.17, 15) is 0 Å². The Morgan fingerprint density at radius 3 is 2.13 bits per heavy atom. The molecule has 0 spiro atoms. The quantitative estimate of drug-likeness (QED) is 0.724. The van der Waals surface area contributed by atoms with Gasteiger partial charge in [0.1, 0.15) is 0 Å². The van der Waals surface area contributed by atoms with Crippen LogP contribution in [0.2, 0.25) is 0 Å². The number of nitrogens with one attached hydrogen (secondary N) is 1. The summed E-state index contributed by atoms with van der Waals surface area (Å²) in [6.45, 7) is 13.8. The molecule has 2 atom stereocenters. The molecule has 2 nitrogen and oxygen atoms in total. The van der Waals surface area contributed by atoms with Crippen molar-refractivity contribution in [2.24, 2.45) is 11.8 Å². The molecule has 0 amide bonds. The number of rotatable bonds is 4. The molecule has 2 unspecified atom stereocenters. The van der Waals surface area contributed by atoms with Gasteiger partial charge < -0.3 is 10.2 Å². The van der Waals surface area contributed by atoms with E-state index in [1.165, 1.54) is 32.5 Å². The van der Waals surface area contributed by atoms with Gasteiger partial charge in [-0.1, -0.05) is 27.7 Å². The molecule has 0 aromatic carbocycles. The Kier molecular flexibility index (Phi) is 9.12. The van der Waals surface area contributed by atoms with Crippen LogP contribution in [0.3, 0.4) is 0 Å². The molecule has 0 saturated carbocycles. The third-order valence-electron chi connectivity index (χ3n) is 2.85. The predicted molar refractivity (Wildman–Crippen MR) is 69.3 cm³/mol. The summed E-state index contributed by atoms with van der Waals surface area (Å²) in [7, 11) is 2.03. The summed E-state index contributed by atoms with van der Waals surface area (Å²) in [5.74, 6) is 1.80. The molecule has 15 heavy (non-hydrogen) atoms. The zero-order chi connectivity index (χ0) is 11.7. The Labute approximate surface area is 96.4 Å². The monoisotopic (exact) mass is 214 g/mol. The van der Waals surface area contributed by atoms with E-state index in [0.29, 0.717) is 0 Å². The van der Waals surface area contributed by atoms with Gasteiger partial charge in [-0.25, -0.2) is 0 Å². The highest BCUT2D eigenvalue weighted by atomic mass is 15.1. The van der Waals surface area contributed by atoms with Crippen LogP contribution in [0.25, 0.3) is 0 Å². The summed E-state index contributed by atoms with van der Waals surface area (Å²) in [5.41, 5.74) is 0. The summed E-state index contributed by atoms with van der Waals surface area (Å²) in [6, 6.07) is 0. The molecule has 0 bridgehead atoms. The van der Waals surface area contributed by atoms with E-state index in [-0.39, 0.29) is 0 Å².